The molecule has 0 spiro atoms. The Morgan fingerprint density at radius 1 is 0.815 bits per heavy atom. The van der Waals surface area contributed by atoms with Crippen molar-refractivity contribution < 1.29 is 13.5 Å². The third kappa shape index (κ3) is 7.00. The van der Waals surface area contributed by atoms with Crippen LogP contribution < -0.4 is 4.74 Å². The van der Waals surface area contributed by atoms with E-state index in [9.17, 15) is 8.78 Å². The van der Waals surface area contributed by atoms with Crippen molar-refractivity contribution in [2.24, 2.45) is 0 Å². The molecule has 0 fully saturated rings. The Labute approximate surface area is 160 Å². The fraction of sp³-hybridized carbons (Fsp3) is 0.250. The van der Waals surface area contributed by atoms with Gasteiger partial charge in [-0.25, -0.2) is 0 Å². The minimum atomic E-state index is -1.17. The molecule has 0 heterocycles. The molecule has 1 nitrogen and oxygen atoms in total. The van der Waals surface area contributed by atoms with Gasteiger partial charge in [-0.3, -0.25) is 0 Å². The molecule has 0 unspecified atom stereocenters. The molecule has 138 valence electrons. The molecule has 0 bridgehead atoms. The topological polar surface area (TPSA) is 9.23 Å². The SMILES string of the molecule is CCCCCc1ccc(C#CC(F)=C(F)C#Cc2ccc(OC)cc2)cc1. The van der Waals surface area contributed by atoms with Crippen LogP contribution in [0.5, 0.6) is 5.75 Å². The van der Waals surface area contributed by atoms with Crippen LogP contribution in [-0.2, 0) is 6.42 Å². The van der Waals surface area contributed by atoms with E-state index >= 15 is 0 Å². The van der Waals surface area contributed by atoms with Gasteiger partial charge in [-0.05, 0) is 66.6 Å². The van der Waals surface area contributed by atoms with E-state index in [-0.39, 0.29) is 0 Å². The average molecular weight is 364 g/mol. The van der Waals surface area contributed by atoms with Crippen molar-refractivity contribution in [3.63, 3.8) is 0 Å². The molecule has 0 saturated heterocycles. The predicted octanol–water partition coefficient (Wildman–Crippen LogP) is 5.98. The smallest absolute Gasteiger partial charge is 0.217 e. The Balaban J connectivity index is 2.02. The summed E-state index contributed by atoms with van der Waals surface area (Å²) in [5, 5.41) is 0. The van der Waals surface area contributed by atoms with Crippen molar-refractivity contribution in [1.82, 2.24) is 0 Å². The fourth-order valence-corrected chi connectivity index (χ4v) is 2.37. The van der Waals surface area contributed by atoms with Crippen molar-refractivity contribution in [3.8, 4) is 29.4 Å². The van der Waals surface area contributed by atoms with E-state index in [2.05, 4.69) is 30.6 Å². The van der Waals surface area contributed by atoms with Crippen LogP contribution in [0.4, 0.5) is 8.78 Å². The highest BCUT2D eigenvalue weighted by atomic mass is 19.2. The number of rotatable bonds is 5. The number of hydrogen-bond acceptors (Lipinski definition) is 1. The first-order valence-electron chi connectivity index (χ1n) is 8.94. The molecular weight excluding hydrogens is 342 g/mol. The number of aryl methyl sites for hydroxylation is 1. The van der Waals surface area contributed by atoms with E-state index in [0.29, 0.717) is 16.9 Å². The Morgan fingerprint density at radius 2 is 1.33 bits per heavy atom. The quantitative estimate of drug-likeness (QED) is 0.468. The predicted molar refractivity (Wildman–Crippen MR) is 106 cm³/mol. The monoisotopic (exact) mass is 364 g/mol. The highest BCUT2D eigenvalue weighted by Crippen LogP contribution is 2.12. The summed E-state index contributed by atoms with van der Waals surface area (Å²) >= 11 is 0. The van der Waals surface area contributed by atoms with Gasteiger partial charge in [-0.1, -0.05) is 43.7 Å². The molecule has 0 aliphatic rings. The fourth-order valence-electron chi connectivity index (χ4n) is 2.37. The largest absolute Gasteiger partial charge is 0.497 e. The summed E-state index contributed by atoms with van der Waals surface area (Å²) in [5.41, 5.74) is 2.42. The summed E-state index contributed by atoms with van der Waals surface area (Å²) < 4.78 is 32.6. The number of hydrogen-bond donors (Lipinski definition) is 0. The van der Waals surface area contributed by atoms with E-state index < -0.39 is 11.7 Å². The van der Waals surface area contributed by atoms with Gasteiger partial charge in [0, 0.05) is 11.1 Å². The Morgan fingerprint density at radius 3 is 1.81 bits per heavy atom. The zero-order chi connectivity index (χ0) is 19.5. The summed E-state index contributed by atoms with van der Waals surface area (Å²) in [6.45, 7) is 2.17. The van der Waals surface area contributed by atoms with E-state index in [0.717, 1.165) is 12.8 Å². The molecule has 27 heavy (non-hydrogen) atoms. The molecule has 0 atom stereocenters. The normalized spacial score (nSPS) is 10.8. The highest BCUT2D eigenvalue weighted by molar-refractivity contribution is 5.46. The van der Waals surface area contributed by atoms with Crippen LogP contribution >= 0.6 is 0 Å². The van der Waals surface area contributed by atoms with Gasteiger partial charge in [0.25, 0.3) is 0 Å². The molecular formula is C24H22F2O. The number of allylic oxidation sites excluding steroid dienone is 2. The third-order valence-electron chi connectivity index (χ3n) is 3.94. The summed E-state index contributed by atoms with van der Waals surface area (Å²) in [7, 11) is 1.55. The molecule has 2 aromatic rings. The number of ether oxygens (including phenoxy) is 1. The standard InChI is InChI=1S/C24H22F2O/c1-3-4-5-6-19-7-9-20(10-8-19)13-17-23(25)24(26)18-14-21-11-15-22(27-2)16-12-21/h7-12,15-16H,3-6H2,1-2H3. The van der Waals surface area contributed by atoms with Crippen LogP contribution in [0.15, 0.2) is 60.2 Å². The van der Waals surface area contributed by atoms with Gasteiger partial charge in [-0.15, -0.1) is 0 Å². The molecule has 0 aliphatic heterocycles. The van der Waals surface area contributed by atoms with Gasteiger partial charge in [0.1, 0.15) is 5.75 Å². The van der Waals surface area contributed by atoms with Crippen molar-refractivity contribution in [2.45, 2.75) is 32.6 Å². The minimum absolute atomic E-state index is 0.561. The first-order chi connectivity index (χ1) is 13.1. The van der Waals surface area contributed by atoms with E-state index in [1.165, 1.54) is 18.4 Å². The van der Waals surface area contributed by atoms with E-state index in [1.54, 1.807) is 31.4 Å². The second-order valence-electron chi connectivity index (χ2n) is 6.01. The maximum absolute atomic E-state index is 13.8. The molecule has 0 radical (unpaired) electrons. The summed E-state index contributed by atoms with van der Waals surface area (Å²) in [5.74, 6) is 7.87. The molecule has 0 N–H and O–H groups in total. The summed E-state index contributed by atoms with van der Waals surface area (Å²) in [6.07, 6.45) is 4.55. The number of benzene rings is 2. The van der Waals surface area contributed by atoms with Gasteiger partial charge >= 0.3 is 0 Å². The second-order valence-corrected chi connectivity index (χ2v) is 6.01. The lowest BCUT2D eigenvalue weighted by molar-refractivity contribution is 0.415. The zero-order valence-electron chi connectivity index (χ0n) is 15.6. The Bertz CT molecular complexity index is 886. The number of unbranched alkanes of at least 4 members (excludes halogenated alkanes) is 2. The molecule has 3 heteroatoms. The average Bonchev–Trinajstić information content (AvgIpc) is 2.71. The van der Waals surface area contributed by atoms with Crippen molar-refractivity contribution in [3.05, 3.63) is 76.9 Å². The lowest BCUT2D eigenvalue weighted by atomic mass is 10.1. The van der Waals surface area contributed by atoms with Crippen molar-refractivity contribution >= 4 is 0 Å². The molecule has 0 aliphatic carbocycles. The number of halogens is 2. The van der Waals surface area contributed by atoms with Gasteiger partial charge in [-0.2, -0.15) is 8.78 Å². The van der Waals surface area contributed by atoms with Crippen LogP contribution in [0.25, 0.3) is 0 Å². The summed E-state index contributed by atoms with van der Waals surface area (Å²) in [4.78, 5) is 0. The van der Waals surface area contributed by atoms with Crippen molar-refractivity contribution in [2.75, 3.05) is 7.11 Å². The van der Waals surface area contributed by atoms with E-state index in [1.807, 2.05) is 24.3 Å². The van der Waals surface area contributed by atoms with Crippen LogP contribution in [0, 0.1) is 23.7 Å². The van der Waals surface area contributed by atoms with E-state index in [4.69, 9.17) is 4.74 Å². The second kappa shape index (κ2) is 10.8. The first-order valence-corrected chi connectivity index (χ1v) is 8.94. The maximum Gasteiger partial charge on any atom is 0.217 e. The van der Waals surface area contributed by atoms with Crippen LogP contribution in [0.3, 0.4) is 0 Å². The highest BCUT2D eigenvalue weighted by Gasteiger charge is 2.00. The molecule has 0 aromatic heterocycles. The molecule has 2 aromatic carbocycles. The van der Waals surface area contributed by atoms with Gasteiger partial charge in [0.05, 0.1) is 7.11 Å². The Hall–Kier alpha value is -3.04. The lowest BCUT2D eigenvalue weighted by Gasteiger charge is -2.00. The maximum atomic E-state index is 13.8. The van der Waals surface area contributed by atoms with Crippen molar-refractivity contribution in [1.29, 1.82) is 0 Å². The first kappa shape index (κ1) is 20.3. The summed E-state index contributed by atoms with van der Waals surface area (Å²) in [6, 6.07) is 14.3. The zero-order valence-corrected chi connectivity index (χ0v) is 15.6. The Kier molecular flexibility index (Phi) is 8.14. The van der Waals surface area contributed by atoms with Crippen LogP contribution in [0.2, 0.25) is 0 Å². The van der Waals surface area contributed by atoms with Gasteiger partial charge < -0.3 is 4.74 Å². The minimum Gasteiger partial charge on any atom is -0.497 e. The van der Waals surface area contributed by atoms with Gasteiger partial charge in [0.15, 0.2) is 0 Å². The lowest BCUT2D eigenvalue weighted by Crippen LogP contribution is -1.85. The molecule has 0 saturated carbocycles. The number of methoxy groups -OCH3 is 1. The van der Waals surface area contributed by atoms with Crippen LogP contribution in [0.1, 0.15) is 42.9 Å². The van der Waals surface area contributed by atoms with Crippen LogP contribution in [-0.4, -0.2) is 7.11 Å². The third-order valence-corrected chi connectivity index (χ3v) is 3.94. The molecule has 0 amide bonds. The molecule has 2 rings (SSSR count). The van der Waals surface area contributed by atoms with Gasteiger partial charge in [0.2, 0.25) is 11.7 Å².